The van der Waals surface area contributed by atoms with Gasteiger partial charge in [-0.05, 0) is 25.1 Å². The maximum atomic E-state index is 11.3. The van der Waals surface area contributed by atoms with Crippen molar-refractivity contribution in [1.82, 2.24) is 5.32 Å². The molecule has 0 bridgehead atoms. The van der Waals surface area contributed by atoms with Gasteiger partial charge in [0.05, 0.1) is 25.7 Å². The molecular formula is C13H15N3O3S. The topological polar surface area (TPSA) is 72.3 Å². The standard InChI is InChI=1S/C13H15N3O3S/c1-8-12(17)15-13(20-8)16-14-7-9-6-10(18-2)4-5-11(9)19-3/h4-8H,1-3H3,(H,15,16,17)/b14-7+/t8-/m1/s1. The monoisotopic (exact) mass is 293 g/mol. The summed E-state index contributed by atoms with van der Waals surface area (Å²) in [4.78, 5) is 11.3. The molecule has 0 radical (unpaired) electrons. The molecule has 1 amide bonds. The highest BCUT2D eigenvalue weighted by Crippen LogP contribution is 2.22. The third-order valence-corrected chi connectivity index (χ3v) is 3.64. The quantitative estimate of drug-likeness (QED) is 0.676. The molecule has 2 rings (SSSR count). The molecular weight excluding hydrogens is 278 g/mol. The fraction of sp³-hybridized carbons (Fsp3) is 0.308. The van der Waals surface area contributed by atoms with Crippen molar-refractivity contribution in [3.05, 3.63) is 23.8 Å². The van der Waals surface area contributed by atoms with Gasteiger partial charge in [-0.3, -0.25) is 4.79 Å². The van der Waals surface area contributed by atoms with Gasteiger partial charge in [0, 0.05) is 5.56 Å². The van der Waals surface area contributed by atoms with Crippen LogP contribution in [0.15, 0.2) is 28.4 Å². The zero-order valence-corrected chi connectivity index (χ0v) is 12.2. The fourth-order valence-corrected chi connectivity index (χ4v) is 2.34. The number of methoxy groups -OCH3 is 2. The number of nitrogens with zero attached hydrogens (tertiary/aromatic N) is 2. The van der Waals surface area contributed by atoms with Gasteiger partial charge in [-0.25, -0.2) is 0 Å². The highest BCUT2D eigenvalue weighted by Gasteiger charge is 2.25. The van der Waals surface area contributed by atoms with E-state index in [1.807, 2.05) is 6.92 Å². The Hall–Kier alpha value is -2.02. The number of rotatable bonds is 4. The van der Waals surface area contributed by atoms with Crippen LogP contribution in [-0.4, -0.2) is 36.8 Å². The molecule has 0 spiro atoms. The van der Waals surface area contributed by atoms with E-state index in [9.17, 15) is 4.79 Å². The Balaban J connectivity index is 2.15. The Bertz CT molecular complexity index is 572. The van der Waals surface area contributed by atoms with E-state index in [1.165, 1.54) is 11.8 Å². The second-order valence-corrected chi connectivity index (χ2v) is 5.34. The van der Waals surface area contributed by atoms with Crippen LogP contribution in [-0.2, 0) is 4.79 Å². The molecule has 1 heterocycles. The average Bonchev–Trinajstić information content (AvgIpc) is 2.77. The van der Waals surface area contributed by atoms with E-state index in [1.54, 1.807) is 38.6 Å². The van der Waals surface area contributed by atoms with E-state index in [0.717, 1.165) is 5.56 Å². The summed E-state index contributed by atoms with van der Waals surface area (Å²) in [5, 5.41) is 11.0. The molecule has 20 heavy (non-hydrogen) atoms. The van der Waals surface area contributed by atoms with Gasteiger partial charge in [0.2, 0.25) is 5.91 Å². The van der Waals surface area contributed by atoms with Crippen LogP contribution in [0.1, 0.15) is 12.5 Å². The first-order chi connectivity index (χ1) is 9.63. The second kappa shape index (κ2) is 6.42. The first kappa shape index (κ1) is 14.4. The van der Waals surface area contributed by atoms with Crippen LogP contribution in [0.2, 0.25) is 0 Å². The van der Waals surface area contributed by atoms with Crippen molar-refractivity contribution >= 4 is 29.1 Å². The predicted molar refractivity (Wildman–Crippen MR) is 79.8 cm³/mol. The molecule has 1 aliphatic heterocycles. The molecule has 1 N–H and O–H groups in total. The van der Waals surface area contributed by atoms with Crippen LogP contribution < -0.4 is 14.8 Å². The minimum Gasteiger partial charge on any atom is -0.497 e. The number of ether oxygens (including phenoxy) is 2. The Kier molecular flexibility index (Phi) is 4.62. The van der Waals surface area contributed by atoms with Crippen LogP contribution >= 0.6 is 11.8 Å². The lowest BCUT2D eigenvalue weighted by molar-refractivity contribution is -0.118. The van der Waals surface area contributed by atoms with Crippen molar-refractivity contribution < 1.29 is 14.3 Å². The summed E-state index contributed by atoms with van der Waals surface area (Å²) in [7, 11) is 3.18. The molecule has 7 heteroatoms. The average molecular weight is 293 g/mol. The number of hydrogen-bond acceptors (Lipinski definition) is 6. The van der Waals surface area contributed by atoms with E-state index < -0.39 is 0 Å². The summed E-state index contributed by atoms with van der Waals surface area (Å²) >= 11 is 1.35. The van der Waals surface area contributed by atoms with Crippen molar-refractivity contribution in [2.24, 2.45) is 10.2 Å². The smallest absolute Gasteiger partial charge is 0.239 e. The molecule has 106 valence electrons. The lowest BCUT2D eigenvalue weighted by Gasteiger charge is -2.06. The Morgan fingerprint density at radius 2 is 2.15 bits per heavy atom. The first-order valence-electron chi connectivity index (χ1n) is 5.94. The highest BCUT2D eigenvalue weighted by atomic mass is 32.2. The number of hydrogen-bond donors (Lipinski definition) is 1. The van der Waals surface area contributed by atoms with E-state index in [4.69, 9.17) is 9.47 Å². The van der Waals surface area contributed by atoms with Crippen molar-refractivity contribution in [3.63, 3.8) is 0 Å². The van der Waals surface area contributed by atoms with Crippen LogP contribution in [0.3, 0.4) is 0 Å². The van der Waals surface area contributed by atoms with E-state index in [-0.39, 0.29) is 11.2 Å². The Morgan fingerprint density at radius 3 is 2.75 bits per heavy atom. The minimum atomic E-state index is -0.129. The lowest BCUT2D eigenvalue weighted by atomic mass is 10.2. The van der Waals surface area contributed by atoms with Crippen LogP contribution in [0, 0.1) is 0 Å². The molecule has 1 saturated heterocycles. The molecule has 1 aliphatic rings. The molecule has 1 aromatic carbocycles. The third kappa shape index (κ3) is 3.30. The molecule has 1 atom stereocenters. The third-order valence-electron chi connectivity index (χ3n) is 2.67. The number of thioether (sulfide) groups is 1. The van der Waals surface area contributed by atoms with Crippen LogP contribution in [0.5, 0.6) is 11.5 Å². The van der Waals surface area contributed by atoms with Crippen molar-refractivity contribution in [2.75, 3.05) is 14.2 Å². The summed E-state index contributed by atoms with van der Waals surface area (Å²) in [5.41, 5.74) is 0.749. The summed E-state index contributed by atoms with van der Waals surface area (Å²) in [5.74, 6) is 1.33. The molecule has 1 aromatic rings. The number of carbonyl (C=O) groups is 1. The first-order valence-corrected chi connectivity index (χ1v) is 6.82. The molecule has 1 fully saturated rings. The van der Waals surface area contributed by atoms with E-state index in [2.05, 4.69) is 15.5 Å². The maximum absolute atomic E-state index is 11.3. The zero-order valence-electron chi connectivity index (χ0n) is 11.4. The van der Waals surface area contributed by atoms with E-state index >= 15 is 0 Å². The molecule has 0 unspecified atom stereocenters. The summed E-state index contributed by atoms with van der Waals surface area (Å²) in [6.07, 6.45) is 1.56. The fourth-order valence-electron chi connectivity index (χ4n) is 1.59. The van der Waals surface area contributed by atoms with E-state index in [0.29, 0.717) is 16.7 Å². The molecule has 0 saturated carbocycles. The van der Waals surface area contributed by atoms with Gasteiger partial charge in [-0.1, -0.05) is 11.8 Å². The van der Waals surface area contributed by atoms with Gasteiger partial charge in [-0.2, -0.15) is 5.10 Å². The van der Waals surface area contributed by atoms with Gasteiger partial charge >= 0.3 is 0 Å². The highest BCUT2D eigenvalue weighted by molar-refractivity contribution is 8.15. The summed E-state index contributed by atoms with van der Waals surface area (Å²) in [6, 6.07) is 5.39. The number of carbonyl (C=O) groups excluding carboxylic acids is 1. The van der Waals surface area contributed by atoms with Gasteiger partial charge < -0.3 is 14.8 Å². The normalized spacial score (nSPS) is 20.4. The molecule has 0 aliphatic carbocycles. The predicted octanol–water partition coefficient (Wildman–Crippen LogP) is 1.65. The van der Waals surface area contributed by atoms with Crippen molar-refractivity contribution in [2.45, 2.75) is 12.2 Å². The molecule has 0 aromatic heterocycles. The summed E-state index contributed by atoms with van der Waals surface area (Å²) < 4.78 is 10.4. The number of benzene rings is 1. The minimum absolute atomic E-state index is 0.0529. The number of amidine groups is 1. The van der Waals surface area contributed by atoms with Crippen molar-refractivity contribution in [3.8, 4) is 11.5 Å². The lowest BCUT2D eigenvalue weighted by Crippen LogP contribution is -2.23. The van der Waals surface area contributed by atoms with Gasteiger partial charge in [-0.15, -0.1) is 5.10 Å². The van der Waals surface area contributed by atoms with Gasteiger partial charge in [0.15, 0.2) is 5.17 Å². The largest absolute Gasteiger partial charge is 0.497 e. The second-order valence-electron chi connectivity index (χ2n) is 4.01. The number of amides is 1. The van der Waals surface area contributed by atoms with Gasteiger partial charge in [0.25, 0.3) is 0 Å². The van der Waals surface area contributed by atoms with Crippen LogP contribution in [0.4, 0.5) is 0 Å². The Morgan fingerprint density at radius 1 is 1.35 bits per heavy atom. The zero-order chi connectivity index (χ0) is 14.5. The Labute approximate surface area is 121 Å². The maximum Gasteiger partial charge on any atom is 0.239 e. The number of nitrogens with one attached hydrogen (secondary N) is 1. The van der Waals surface area contributed by atoms with Gasteiger partial charge in [0.1, 0.15) is 11.5 Å². The van der Waals surface area contributed by atoms with Crippen molar-refractivity contribution in [1.29, 1.82) is 0 Å². The van der Waals surface area contributed by atoms with Crippen LogP contribution in [0.25, 0.3) is 0 Å². The SMILES string of the molecule is COc1ccc(OC)c(/C=N/N=C2/NC(=O)[C@@H](C)S2)c1. The molecule has 6 nitrogen and oxygen atoms in total. The summed E-state index contributed by atoms with van der Waals surface area (Å²) in [6.45, 7) is 1.82.